The molecule has 2 N–H and O–H groups in total. The molecule has 2 rings (SSSR count). The second kappa shape index (κ2) is 6.09. The number of hydrogen-bond acceptors (Lipinski definition) is 4. The van der Waals surface area contributed by atoms with Gasteiger partial charge in [0.2, 0.25) is 0 Å². The summed E-state index contributed by atoms with van der Waals surface area (Å²) in [6.07, 6.45) is 1.69. The van der Waals surface area contributed by atoms with Gasteiger partial charge in [-0.3, -0.25) is 4.98 Å². The van der Waals surface area contributed by atoms with Gasteiger partial charge in [0.1, 0.15) is 6.73 Å². The summed E-state index contributed by atoms with van der Waals surface area (Å²) in [5.41, 5.74) is 2.00. The van der Waals surface area contributed by atoms with Crippen LogP contribution < -0.4 is 5.59 Å². The van der Waals surface area contributed by atoms with E-state index >= 15 is 0 Å². The molecule has 5 nitrogen and oxygen atoms in total. The van der Waals surface area contributed by atoms with Crippen molar-refractivity contribution >= 4 is 31.8 Å². The number of hydrogen-bond donors (Lipinski definition) is 2. The summed E-state index contributed by atoms with van der Waals surface area (Å²) in [4.78, 5) is 4.22. The van der Waals surface area contributed by atoms with Gasteiger partial charge in [-0.2, -0.15) is 0 Å². The maximum atomic E-state index is 9.45. The van der Waals surface area contributed by atoms with Crippen LogP contribution in [0.3, 0.4) is 0 Å². The molecule has 0 aliphatic carbocycles. The van der Waals surface area contributed by atoms with Gasteiger partial charge in [-0.15, -0.1) is 0 Å². The smallest absolute Gasteiger partial charge is 0.422 e. The van der Waals surface area contributed by atoms with E-state index in [0.717, 1.165) is 17.1 Å². The van der Waals surface area contributed by atoms with Crippen molar-refractivity contribution in [2.75, 3.05) is 6.61 Å². The Hall–Kier alpha value is -1.15. The summed E-state index contributed by atoms with van der Waals surface area (Å²) in [6.45, 7) is 7.90. The van der Waals surface area contributed by atoms with Crippen LogP contribution in [0.1, 0.15) is 0 Å². The highest BCUT2D eigenvalue weighted by Gasteiger charge is 2.20. The van der Waals surface area contributed by atoms with Crippen LogP contribution in [-0.4, -0.2) is 41.4 Å². The van der Waals surface area contributed by atoms with Crippen molar-refractivity contribution in [1.82, 2.24) is 9.55 Å². The molecular weight excluding hydrogens is 271 g/mol. The van der Waals surface area contributed by atoms with Crippen LogP contribution in [0, 0.1) is 0 Å². The minimum absolute atomic E-state index is 0.312. The van der Waals surface area contributed by atoms with Gasteiger partial charge in [0.05, 0.1) is 16.6 Å². The molecule has 7 heteroatoms. The fourth-order valence-electron chi connectivity index (χ4n) is 2.00. The Labute approximate surface area is 120 Å². The Morgan fingerprint density at radius 1 is 1.35 bits per heavy atom. The van der Waals surface area contributed by atoms with Gasteiger partial charge < -0.3 is 19.4 Å². The van der Waals surface area contributed by atoms with Crippen LogP contribution in [0.5, 0.6) is 0 Å². The lowest BCUT2D eigenvalue weighted by Gasteiger charge is -2.16. The number of ether oxygens (including phenoxy) is 1. The molecule has 0 fully saturated rings. The second-order valence-electron chi connectivity index (χ2n) is 6.13. The monoisotopic (exact) mass is 292 g/mol. The summed E-state index contributed by atoms with van der Waals surface area (Å²) in [5, 5.41) is 18.9. The van der Waals surface area contributed by atoms with Crippen LogP contribution in [0.15, 0.2) is 24.4 Å². The molecule has 0 radical (unpaired) electrons. The SMILES string of the molecule is C[Si](C)(C)CCOCn1c(B(O)O)cc2ncccc21. The number of aromatic nitrogens is 2. The quantitative estimate of drug-likeness (QED) is 0.616. The summed E-state index contributed by atoms with van der Waals surface area (Å²) in [7, 11) is -2.64. The van der Waals surface area contributed by atoms with Crippen LogP contribution >= 0.6 is 0 Å². The van der Waals surface area contributed by atoms with E-state index in [9.17, 15) is 10.0 Å². The Morgan fingerprint density at radius 3 is 2.75 bits per heavy atom. The van der Waals surface area contributed by atoms with E-state index in [4.69, 9.17) is 4.74 Å². The molecular formula is C13H21BN2O3Si. The van der Waals surface area contributed by atoms with Gasteiger partial charge in [-0.25, -0.2) is 0 Å². The van der Waals surface area contributed by atoms with Gasteiger partial charge in [0, 0.05) is 20.9 Å². The standard InChI is InChI=1S/C13H21BN2O3Si/c1-20(2,3)8-7-19-10-16-12-5-4-6-15-11(12)9-13(16)14(17)18/h4-6,9,17-18H,7-8,10H2,1-3H3. The maximum absolute atomic E-state index is 9.45. The Morgan fingerprint density at radius 2 is 2.10 bits per heavy atom. The average molecular weight is 292 g/mol. The van der Waals surface area contributed by atoms with E-state index in [1.807, 2.05) is 12.1 Å². The van der Waals surface area contributed by atoms with E-state index in [1.165, 1.54) is 0 Å². The molecule has 0 amide bonds. The third kappa shape index (κ3) is 3.70. The first-order valence-corrected chi connectivity index (χ1v) is 10.5. The zero-order valence-corrected chi connectivity index (χ0v) is 13.2. The van der Waals surface area contributed by atoms with Crippen molar-refractivity contribution in [2.45, 2.75) is 32.4 Å². The van der Waals surface area contributed by atoms with Crippen molar-refractivity contribution in [3.05, 3.63) is 24.4 Å². The first-order chi connectivity index (χ1) is 9.38. The van der Waals surface area contributed by atoms with Crippen molar-refractivity contribution in [2.24, 2.45) is 0 Å². The Bertz CT molecular complexity index is 580. The number of fused-ring (bicyclic) bond motifs is 1. The lowest BCUT2D eigenvalue weighted by Crippen LogP contribution is -2.36. The number of rotatable bonds is 6. The van der Waals surface area contributed by atoms with E-state index in [-0.39, 0.29) is 0 Å². The van der Waals surface area contributed by atoms with E-state index in [1.54, 1.807) is 16.8 Å². The minimum atomic E-state index is -1.52. The highest BCUT2D eigenvalue weighted by atomic mass is 28.3. The summed E-state index contributed by atoms with van der Waals surface area (Å²) in [5.74, 6) is 0. The van der Waals surface area contributed by atoms with E-state index in [0.29, 0.717) is 18.9 Å². The molecule has 0 aliphatic rings. The van der Waals surface area contributed by atoms with Crippen LogP contribution in [-0.2, 0) is 11.5 Å². The molecule has 0 atom stereocenters. The van der Waals surface area contributed by atoms with Crippen molar-refractivity contribution in [1.29, 1.82) is 0 Å². The molecule has 0 bridgehead atoms. The largest absolute Gasteiger partial charge is 0.506 e. The number of nitrogens with zero attached hydrogens (tertiary/aromatic N) is 2. The minimum Gasteiger partial charge on any atom is -0.422 e. The molecule has 0 unspecified atom stereocenters. The van der Waals surface area contributed by atoms with E-state index in [2.05, 4.69) is 24.6 Å². The van der Waals surface area contributed by atoms with Gasteiger partial charge in [0.25, 0.3) is 0 Å². The number of pyridine rings is 1. The summed E-state index contributed by atoms with van der Waals surface area (Å²) in [6, 6.07) is 6.49. The third-order valence-electron chi connectivity index (χ3n) is 3.18. The molecule has 0 saturated heterocycles. The molecule has 0 aliphatic heterocycles. The lowest BCUT2D eigenvalue weighted by atomic mass is 9.86. The fourth-order valence-corrected chi connectivity index (χ4v) is 2.75. The maximum Gasteiger partial charge on any atom is 0.506 e. The van der Waals surface area contributed by atoms with Gasteiger partial charge in [-0.1, -0.05) is 19.6 Å². The second-order valence-corrected chi connectivity index (χ2v) is 11.7. The highest BCUT2D eigenvalue weighted by Crippen LogP contribution is 2.12. The van der Waals surface area contributed by atoms with Gasteiger partial charge in [-0.05, 0) is 24.2 Å². The average Bonchev–Trinajstić information content (AvgIpc) is 2.72. The molecule has 2 aromatic heterocycles. The van der Waals surface area contributed by atoms with Crippen molar-refractivity contribution < 1.29 is 14.8 Å². The zero-order chi connectivity index (χ0) is 14.8. The molecule has 2 heterocycles. The summed E-state index contributed by atoms with van der Waals surface area (Å²) < 4.78 is 7.46. The molecule has 2 aromatic rings. The molecule has 0 spiro atoms. The summed E-state index contributed by atoms with van der Waals surface area (Å²) >= 11 is 0. The fraction of sp³-hybridized carbons (Fsp3) is 0.462. The van der Waals surface area contributed by atoms with Crippen LogP contribution in [0.2, 0.25) is 25.7 Å². The normalized spacial score (nSPS) is 12.1. The predicted molar refractivity (Wildman–Crippen MR) is 83.7 cm³/mol. The van der Waals surface area contributed by atoms with Gasteiger partial charge in [0.15, 0.2) is 0 Å². The van der Waals surface area contributed by atoms with Crippen molar-refractivity contribution in [3.63, 3.8) is 0 Å². The zero-order valence-electron chi connectivity index (χ0n) is 12.2. The molecule has 0 aromatic carbocycles. The molecule has 20 heavy (non-hydrogen) atoms. The topological polar surface area (TPSA) is 67.5 Å². The third-order valence-corrected chi connectivity index (χ3v) is 4.89. The van der Waals surface area contributed by atoms with E-state index < -0.39 is 15.2 Å². The van der Waals surface area contributed by atoms with Crippen LogP contribution in [0.4, 0.5) is 0 Å². The Kier molecular flexibility index (Phi) is 4.64. The first-order valence-electron chi connectivity index (χ1n) is 6.76. The predicted octanol–water partition coefficient (Wildman–Crippen LogP) is 1.03. The molecule has 0 saturated carbocycles. The van der Waals surface area contributed by atoms with Crippen LogP contribution in [0.25, 0.3) is 11.0 Å². The highest BCUT2D eigenvalue weighted by molar-refractivity contribution is 6.76. The van der Waals surface area contributed by atoms with Crippen molar-refractivity contribution in [3.8, 4) is 0 Å². The lowest BCUT2D eigenvalue weighted by molar-refractivity contribution is 0.0915. The molecule has 108 valence electrons. The Balaban J connectivity index is 2.13. The van der Waals surface area contributed by atoms with Gasteiger partial charge >= 0.3 is 7.12 Å². The first kappa shape index (κ1) is 15.2.